The average molecular weight is 758 g/mol. The molecule has 2 unspecified atom stereocenters. The van der Waals surface area contributed by atoms with E-state index in [4.69, 9.17) is 18.5 Å². The lowest BCUT2D eigenvalue weighted by Gasteiger charge is -2.28. The molecule has 0 aromatic carbocycles. The second kappa shape index (κ2) is 35.2. The zero-order valence-electron chi connectivity index (χ0n) is 34.3. The summed E-state index contributed by atoms with van der Waals surface area (Å²) in [5.41, 5.74) is 0. The minimum Gasteiger partial charge on any atom is -0.756 e. The van der Waals surface area contributed by atoms with Gasteiger partial charge in [0.15, 0.2) is 6.10 Å². The van der Waals surface area contributed by atoms with Gasteiger partial charge in [-0.3, -0.25) is 14.2 Å². The molecule has 0 bridgehead atoms. The number of esters is 2. The topological polar surface area (TPSA) is 111 Å². The molecule has 0 saturated heterocycles. The molecule has 306 valence electrons. The highest BCUT2D eigenvalue weighted by atomic mass is 31.2. The molecule has 52 heavy (non-hydrogen) atoms. The van der Waals surface area contributed by atoms with Crippen molar-refractivity contribution in [1.82, 2.24) is 0 Å². The molecule has 10 heteroatoms. The molecule has 0 fully saturated rings. The molecular formula is C42H80NO8P. The van der Waals surface area contributed by atoms with Crippen LogP contribution < -0.4 is 4.89 Å². The lowest BCUT2D eigenvalue weighted by atomic mass is 10.1. The fourth-order valence-corrected chi connectivity index (χ4v) is 6.31. The van der Waals surface area contributed by atoms with Crippen LogP contribution in [0.2, 0.25) is 0 Å². The maximum atomic E-state index is 12.6. The molecule has 0 aliphatic carbocycles. The summed E-state index contributed by atoms with van der Waals surface area (Å²) in [6, 6.07) is 0. The Labute approximate surface area is 319 Å². The Hall–Kier alpha value is -1.51. The first-order chi connectivity index (χ1) is 25.0. The van der Waals surface area contributed by atoms with Gasteiger partial charge in [0, 0.05) is 12.8 Å². The molecular weight excluding hydrogens is 677 g/mol. The normalized spacial score (nSPS) is 13.9. The van der Waals surface area contributed by atoms with Crippen LogP contribution in [0.25, 0.3) is 0 Å². The molecule has 0 saturated carbocycles. The van der Waals surface area contributed by atoms with Crippen LogP contribution in [0.15, 0.2) is 24.3 Å². The van der Waals surface area contributed by atoms with E-state index < -0.39 is 32.5 Å². The van der Waals surface area contributed by atoms with Crippen LogP contribution in [0, 0.1) is 0 Å². The number of ether oxygens (including phenoxy) is 2. The standard InChI is InChI=1S/C42H80NO8P/c1-6-8-10-12-14-16-18-20-21-22-23-25-27-29-31-33-35-42(45)51-40(39-50-52(46,47)49-37-36-43(3,4)5)38-48-41(44)34-32-30-28-26-24-19-17-15-13-11-9-7-2/h15,17,21-22,40H,6-14,16,18-20,23-39H2,1-5H3/b17-15-,22-21-. The quantitative estimate of drug-likeness (QED) is 0.0201. The predicted octanol–water partition coefficient (Wildman–Crippen LogP) is 10.9. The summed E-state index contributed by atoms with van der Waals surface area (Å²) < 4.78 is 33.8. The van der Waals surface area contributed by atoms with Gasteiger partial charge in [-0.05, 0) is 64.2 Å². The number of quaternary nitrogens is 1. The van der Waals surface area contributed by atoms with Crippen molar-refractivity contribution in [1.29, 1.82) is 0 Å². The highest BCUT2D eigenvalue weighted by Gasteiger charge is 2.21. The van der Waals surface area contributed by atoms with Crippen molar-refractivity contribution >= 4 is 19.8 Å². The molecule has 0 rings (SSSR count). The highest BCUT2D eigenvalue weighted by Crippen LogP contribution is 2.38. The van der Waals surface area contributed by atoms with Crippen molar-refractivity contribution in [3.8, 4) is 0 Å². The lowest BCUT2D eigenvalue weighted by molar-refractivity contribution is -0.870. The van der Waals surface area contributed by atoms with Crippen molar-refractivity contribution in [3.63, 3.8) is 0 Å². The largest absolute Gasteiger partial charge is 0.756 e. The monoisotopic (exact) mass is 758 g/mol. The van der Waals surface area contributed by atoms with Crippen molar-refractivity contribution in [2.45, 2.75) is 187 Å². The lowest BCUT2D eigenvalue weighted by Crippen LogP contribution is -2.37. The van der Waals surface area contributed by atoms with Crippen LogP contribution in [0.5, 0.6) is 0 Å². The van der Waals surface area contributed by atoms with Gasteiger partial charge in [0.2, 0.25) is 0 Å². The SMILES string of the molecule is CCCCC/C=C\CCCCCCCC(=O)OCC(COP(=O)([O-])OCC[N+](C)(C)C)OC(=O)CCCCCCC/C=C\CCCCCCCCC. The minimum absolute atomic E-state index is 0.0327. The van der Waals surface area contributed by atoms with Crippen molar-refractivity contribution in [2.75, 3.05) is 47.5 Å². The van der Waals surface area contributed by atoms with Gasteiger partial charge in [-0.1, -0.05) is 128 Å². The molecule has 0 aromatic rings. The molecule has 2 atom stereocenters. The number of carbonyl (C=O) groups is 2. The maximum Gasteiger partial charge on any atom is 0.306 e. The van der Waals surface area contributed by atoms with E-state index in [1.54, 1.807) is 0 Å². The molecule has 0 aliphatic rings. The molecule has 0 spiro atoms. The second-order valence-electron chi connectivity index (χ2n) is 15.3. The molecule has 0 heterocycles. The number of rotatable bonds is 38. The Bertz CT molecular complexity index is 949. The van der Waals surface area contributed by atoms with Gasteiger partial charge in [0.25, 0.3) is 7.82 Å². The Morgan fingerprint density at radius 3 is 1.46 bits per heavy atom. The van der Waals surface area contributed by atoms with Crippen LogP contribution in [0.3, 0.4) is 0 Å². The first-order valence-electron chi connectivity index (χ1n) is 21.0. The number of allylic oxidation sites excluding steroid dienone is 4. The van der Waals surface area contributed by atoms with E-state index in [0.29, 0.717) is 17.4 Å². The van der Waals surface area contributed by atoms with Crippen LogP contribution in [0.4, 0.5) is 0 Å². The van der Waals surface area contributed by atoms with Gasteiger partial charge in [0.05, 0.1) is 27.7 Å². The zero-order chi connectivity index (χ0) is 38.6. The predicted molar refractivity (Wildman–Crippen MR) is 213 cm³/mol. The van der Waals surface area contributed by atoms with Gasteiger partial charge < -0.3 is 27.9 Å². The van der Waals surface area contributed by atoms with E-state index in [9.17, 15) is 19.0 Å². The van der Waals surface area contributed by atoms with Crippen molar-refractivity contribution < 1.29 is 42.1 Å². The number of unbranched alkanes of at least 4 members (excludes halogenated alkanes) is 20. The third kappa shape index (κ3) is 38.2. The Kier molecular flexibility index (Phi) is 34.2. The molecule has 0 amide bonds. The maximum absolute atomic E-state index is 12.6. The van der Waals surface area contributed by atoms with Gasteiger partial charge in [-0.2, -0.15) is 0 Å². The van der Waals surface area contributed by atoms with Crippen LogP contribution in [-0.2, 0) is 32.7 Å². The third-order valence-corrected chi connectivity index (χ3v) is 9.91. The summed E-state index contributed by atoms with van der Waals surface area (Å²) in [7, 11) is 1.16. The summed E-state index contributed by atoms with van der Waals surface area (Å²) in [5, 5.41) is 0. The Morgan fingerprint density at radius 1 is 0.577 bits per heavy atom. The first-order valence-corrected chi connectivity index (χ1v) is 22.5. The molecule has 0 radical (unpaired) electrons. The van der Waals surface area contributed by atoms with Gasteiger partial charge >= 0.3 is 11.9 Å². The summed E-state index contributed by atoms with van der Waals surface area (Å²) in [4.78, 5) is 37.4. The van der Waals surface area contributed by atoms with E-state index in [1.165, 1.54) is 77.0 Å². The van der Waals surface area contributed by atoms with Crippen LogP contribution >= 0.6 is 7.82 Å². The number of nitrogens with zero attached hydrogens (tertiary/aromatic N) is 1. The summed E-state index contributed by atoms with van der Waals surface area (Å²) in [6.45, 7) is 4.18. The highest BCUT2D eigenvalue weighted by molar-refractivity contribution is 7.45. The first kappa shape index (κ1) is 50.5. The average Bonchev–Trinajstić information content (AvgIpc) is 3.09. The molecule has 0 aliphatic heterocycles. The number of phosphoric ester groups is 1. The van der Waals surface area contributed by atoms with E-state index in [1.807, 2.05) is 21.1 Å². The minimum atomic E-state index is -4.62. The van der Waals surface area contributed by atoms with E-state index >= 15 is 0 Å². The van der Waals surface area contributed by atoms with Gasteiger partial charge in [0.1, 0.15) is 19.8 Å². The van der Waals surface area contributed by atoms with E-state index in [2.05, 4.69) is 38.2 Å². The summed E-state index contributed by atoms with van der Waals surface area (Å²) in [5.74, 6) is -0.853. The summed E-state index contributed by atoms with van der Waals surface area (Å²) >= 11 is 0. The fourth-order valence-electron chi connectivity index (χ4n) is 5.58. The molecule has 9 nitrogen and oxygen atoms in total. The number of carbonyl (C=O) groups excluding carboxylic acids is 2. The summed E-state index contributed by atoms with van der Waals surface area (Å²) in [6.07, 6.45) is 36.3. The Morgan fingerprint density at radius 2 is 0.981 bits per heavy atom. The van der Waals surface area contributed by atoms with Gasteiger partial charge in [-0.25, -0.2) is 0 Å². The number of likely N-dealkylation sites (N-methyl/N-ethyl adjacent to an activating group) is 1. The molecule has 0 N–H and O–H groups in total. The Balaban J connectivity index is 4.40. The van der Waals surface area contributed by atoms with Gasteiger partial charge in [-0.15, -0.1) is 0 Å². The third-order valence-electron chi connectivity index (χ3n) is 8.94. The van der Waals surface area contributed by atoms with Crippen molar-refractivity contribution in [2.24, 2.45) is 0 Å². The van der Waals surface area contributed by atoms with E-state index in [0.717, 1.165) is 70.6 Å². The number of hydrogen-bond donors (Lipinski definition) is 0. The number of hydrogen-bond acceptors (Lipinski definition) is 8. The van der Waals surface area contributed by atoms with E-state index in [-0.39, 0.29) is 26.1 Å². The second-order valence-corrected chi connectivity index (χ2v) is 16.8. The van der Waals surface area contributed by atoms with Crippen molar-refractivity contribution in [3.05, 3.63) is 24.3 Å². The fraction of sp³-hybridized carbons (Fsp3) is 0.857. The smallest absolute Gasteiger partial charge is 0.306 e. The van der Waals surface area contributed by atoms with Crippen LogP contribution in [-0.4, -0.2) is 70.0 Å². The zero-order valence-corrected chi connectivity index (χ0v) is 35.2. The number of phosphoric acid groups is 1. The van der Waals surface area contributed by atoms with Crippen LogP contribution in [0.1, 0.15) is 181 Å². The molecule has 0 aromatic heterocycles.